The van der Waals surface area contributed by atoms with E-state index in [1.54, 1.807) is 0 Å². The molecule has 0 saturated heterocycles. The fourth-order valence-electron chi connectivity index (χ4n) is 0.414. The minimum absolute atomic E-state index is 0.0567. The van der Waals surface area contributed by atoms with E-state index in [1.807, 2.05) is 0 Å². The van der Waals surface area contributed by atoms with Gasteiger partial charge in [0.2, 0.25) is 12.3 Å². The molecule has 10 heavy (non-hydrogen) atoms. The fourth-order valence-corrected chi connectivity index (χ4v) is 0.414. The number of primary amides is 1. The lowest BCUT2D eigenvalue weighted by molar-refractivity contribution is -0.153. The van der Waals surface area contributed by atoms with Crippen LogP contribution in [0.1, 0.15) is 6.92 Å². The zero-order chi connectivity index (χ0) is 8.15. The van der Waals surface area contributed by atoms with Crippen LogP contribution in [0, 0.1) is 5.92 Å². The van der Waals surface area contributed by atoms with Crippen molar-refractivity contribution in [1.29, 1.82) is 0 Å². The van der Waals surface area contributed by atoms with Gasteiger partial charge in [0, 0.05) is 0 Å². The average molecular weight is 146 g/mol. The molecule has 2 amide bonds. The lowest BCUT2D eigenvalue weighted by Crippen LogP contribution is -2.31. The van der Waals surface area contributed by atoms with E-state index in [0.29, 0.717) is 5.06 Å². The zero-order valence-corrected chi connectivity index (χ0v) is 5.65. The van der Waals surface area contributed by atoms with Crippen LogP contribution in [0.5, 0.6) is 0 Å². The summed E-state index contributed by atoms with van der Waals surface area (Å²) in [7, 11) is 0. The van der Waals surface area contributed by atoms with Gasteiger partial charge in [-0.2, -0.15) is 0 Å². The molecule has 1 atom stereocenters. The van der Waals surface area contributed by atoms with Crippen LogP contribution < -0.4 is 5.73 Å². The second-order valence-electron chi connectivity index (χ2n) is 2.03. The van der Waals surface area contributed by atoms with Crippen molar-refractivity contribution in [3.05, 3.63) is 0 Å². The van der Waals surface area contributed by atoms with Gasteiger partial charge in [0.15, 0.2) is 0 Å². The first-order valence-electron chi connectivity index (χ1n) is 2.78. The van der Waals surface area contributed by atoms with E-state index >= 15 is 0 Å². The number of carbonyl (C=O) groups is 2. The monoisotopic (exact) mass is 146 g/mol. The van der Waals surface area contributed by atoms with Crippen LogP contribution in [0.2, 0.25) is 0 Å². The molecule has 0 aromatic heterocycles. The maximum absolute atomic E-state index is 10.3. The number of hydrogen-bond acceptors (Lipinski definition) is 3. The molecular weight excluding hydrogens is 136 g/mol. The van der Waals surface area contributed by atoms with E-state index in [1.165, 1.54) is 6.92 Å². The Labute approximate surface area is 58.4 Å². The number of nitrogens with zero attached hydrogens (tertiary/aromatic N) is 1. The Morgan fingerprint density at radius 3 is 2.70 bits per heavy atom. The molecule has 0 heterocycles. The van der Waals surface area contributed by atoms with Crippen molar-refractivity contribution in [2.75, 3.05) is 6.54 Å². The van der Waals surface area contributed by atoms with E-state index in [2.05, 4.69) is 0 Å². The van der Waals surface area contributed by atoms with Crippen LogP contribution >= 0.6 is 0 Å². The second kappa shape index (κ2) is 3.84. The Kier molecular flexibility index (Phi) is 3.42. The molecule has 0 saturated carbocycles. The number of amides is 2. The van der Waals surface area contributed by atoms with Crippen molar-refractivity contribution >= 4 is 12.3 Å². The van der Waals surface area contributed by atoms with E-state index in [4.69, 9.17) is 10.9 Å². The fraction of sp³-hybridized carbons (Fsp3) is 0.600. The molecule has 58 valence electrons. The molecular formula is C5H10N2O3. The largest absolute Gasteiger partial charge is 0.369 e. The first-order valence-corrected chi connectivity index (χ1v) is 2.78. The molecule has 0 fully saturated rings. The third-order valence-corrected chi connectivity index (χ3v) is 1.07. The molecule has 0 aliphatic rings. The SMILES string of the molecule is CC(CN(O)C=O)C(N)=O. The van der Waals surface area contributed by atoms with Crippen molar-refractivity contribution < 1.29 is 14.8 Å². The van der Waals surface area contributed by atoms with Gasteiger partial charge in [-0.25, -0.2) is 5.06 Å². The highest BCUT2D eigenvalue weighted by molar-refractivity contribution is 5.76. The summed E-state index contributed by atoms with van der Waals surface area (Å²) in [5, 5.41) is 8.92. The lowest BCUT2D eigenvalue weighted by Gasteiger charge is -2.11. The normalized spacial score (nSPS) is 12.2. The van der Waals surface area contributed by atoms with Crippen LogP contribution in [0.15, 0.2) is 0 Å². The molecule has 0 rings (SSSR count). The minimum atomic E-state index is -0.541. The summed E-state index contributed by atoms with van der Waals surface area (Å²) in [6.45, 7) is 1.47. The van der Waals surface area contributed by atoms with E-state index in [-0.39, 0.29) is 13.0 Å². The Morgan fingerprint density at radius 1 is 1.90 bits per heavy atom. The average Bonchev–Trinajstić information content (AvgIpc) is 1.87. The van der Waals surface area contributed by atoms with Crippen molar-refractivity contribution in [3.63, 3.8) is 0 Å². The smallest absolute Gasteiger partial charge is 0.233 e. The summed E-state index contributed by atoms with van der Waals surface area (Å²) in [6, 6.07) is 0. The Hall–Kier alpha value is -1.10. The van der Waals surface area contributed by atoms with Crippen LogP contribution in [-0.2, 0) is 9.59 Å². The zero-order valence-electron chi connectivity index (χ0n) is 5.65. The predicted octanol–water partition coefficient (Wildman–Crippen LogP) is -1.04. The van der Waals surface area contributed by atoms with Crippen LogP contribution in [-0.4, -0.2) is 29.1 Å². The topological polar surface area (TPSA) is 83.6 Å². The van der Waals surface area contributed by atoms with Gasteiger partial charge in [-0.3, -0.25) is 14.8 Å². The van der Waals surface area contributed by atoms with Crippen molar-refractivity contribution in [2.45, 2.75) is 6.92 Å². The summed E-state index contributed by atoms with van der Waals surface area (Å²) >= 11 is 0. The quantitative estimate of drug-likeness (QED) is 0.301. The number of nitrogens with two attached hydrogens (primary N) is 1. The number of hydrogen-bond donors (Lipinski definition) is 2. The molecule has 0 aromatic rings. The molecule has 0 aliphatic heterocycles. The third-order valence-electron chi connectivity index (χ3n) is 1.07. The molecule has 3 N–H and O–H groups in total. The predicted molar refractivity (Wildman–Crippen MR) is 32.9 cm³/mol. The maximum Gasteiger partial charge on any atom is 0.233 e. The summed E-state index contributed by atoms with van der Waals surface area (Å²) in [5.74, 6) is -1.06. The van der Waals surface area contributed by atoms with Crippen molar-refractivity contribution in [2.24, 2.45) is 11.7 Å². The third kappa shape index (κ3) is 3.03. The van der Waals surface area contributed by atoms with Gasteiger partial charge in [-0.15, -0.1) is 0 Å². The van der Waals surface area contributed by atoms with Crippen molar-refractivity contribution in [1.82, 2.24) is 5.06 Å². The summed E-state index contributed by atoms with van der Waals surface area (Å²) < 4.78 is 0. The number of rotatable bonds is 4. The number of hydroxylamine groups is 2. The Bertz CT molecular complexity index is 137. The molecule has 0 aromatic carbocycles. The highest BCUT2D eigenvalue weighted by atomic mass is 16.5. The van der Waals surface area contributed by atoms with E-state index in [9.17, 15) is 9.59 Å². The van der Waals surface area contributed by atoms with Crippen LogP contribution in [0.4, 0.5) is 0 Å². The summed E-state index contributed by atoms with van der Waals surface area (Å²) in [5.41, 5.74) is 4.85. The molecule has 0 radical (unpaired) electrons. The van der Waals surface area contributed by atoms with Gasteiger partial charge in [0.25, 0.3) is 0 Å². The molecule has 0 spiro atoms. The highest BCUT2D eigenvalue weighted by Gasteiger charge is 2.10. The molecule has 1 unspecified atom stereocenters. The molecule has 0 bridgehead atoms. The Balaban J connectivity index is 3.67. The number of carbonyl (C=O) groups excluding carboxylic acids is 2. The van der Waals surface area contributed by atoms with Gasteiger partial charge < -0.3 is 5.73 Å². The first-order chi connectivity index (χ1) is 4.57. The molecule has 0 aliphatic carbocycles. The Morgan fingerprint density at radius 2 is 2.40 bits per heavy atom. The van der Waals surface area contributed by atoms with E-state index in [0.717, 1.165) is 0 Å². The molecule has 5 nitrogen and oxygen atoms in total. The van der Waals surface area contributed by atoms with Crippen LogP contribution in [0.25, 0.3) is 0 Å². The standard InChI is InChI=1S/C5H10N2O3/c1-4(5(6)9)2-7(10)3-8/h3-4,10H,2H2,1H3,(H2,6,9). The van der Waals surface area contributed by atoms with Gasteiger partial charge in [-0.1, -0.05) is 6.92 Å². The van der Waals surface area contributed by atoms with Gasteiger partial charge in [0.1, 0.15) is 0 Å². The summed E-state index contributed by atoms with van der Waals surface area (Å²) in [4.78, 5) is 20.1. The van der Waals surface area contributed by atoms with Gasteiger partial charge in [0.05, 0.1) is 12.5 Å². The van der Waals surface area contributed by atoms with Gasteiger partial charge in [-0.05, 0) is 0 Å². The second-order valence-corrected chi connectivity index (χ2v) is 2.03. The first kappa shape index (κ1) is 8.90. The minimum Gasteiger partial charge on any atom is -0.369 e. The van der Waals surface area contributed by atoms with Gasteiger partial charge >= 0.3 is 0 Å². The maximum atomic E-state index is 10.3. The van der Waals surface area contributed by atoms with Crippen molar-refractivity contribution in [3.8, 4) is 0 Å². The highest BCUT2D eigenvalue weighted by Crippen LogP contribution is 1.93. The van der Waals surface area contributed by atoms with E-state index < -0.39 is 11.8 Å². The summed E-state index contributed by atoms with van der Waals surface area (Å²) in [6.07, 6.45) is 0.222. The van der Waals surface area contributed by atoms with Crippen LogP contribution in [0.3, 0.4) is 0 Å². The lowest BCUT2D eigenvalue weighted by atomic mass is 10.2. The molecule has 5 heteroatoms.